The fourth-order valence-electron chi connectivity index (χ4n) is 2.83. The number of aliphatic hydroxyl groups is 1. The van der Waals surface area contributed by atoms with Crippen LogP contribution < -0.4 is 5.73 Å². The number of fused-ring (bicyclic) bond motifs is 1. The Morgan fingerprint density at radius 1 is 1.28 bits per heavy atom. The molecule has 0 radical (unpaired) electrons. The van der Waals surface area contributed by atoms with Crippen molar-refractivity contribution in [1.82, 2.24) is 19.9 Å². The summed E-state index contributed by atoms with van der Waals surface area (Å²) < 4.78 is 0. The van der Waals surface area contributed by atoms with Gasteiger partial charge in [-0.2, -0.15) is 0 Å². The van der Waals surface area contributed by atoms with Gasteiger partial charge in [0, 0.05) is 42.5 Å². The number of nitrogen functional groups attached to an aromatic ring is 1. The first-order chi connectivity index (χ1) is 13.9. The van der Waals surface area contributed by atoms with Crippen LogP contribution in [0.2, 0.25) is 0 Å². The van der Waals surface area contributed by atoms with Gasteiger partial charge in [0.25, 0.3) is 5.91 Å². The predicted molar refractivity (Wildman–Crippen MR) is 113 cm³/mol. The average Bonchev–Trinajstić information content (AvgIpc) is 2.76. The van der Waals surface area contributed by atoms with E-state index in [-0.39, 0.29) is 0 Å². The van der Waals surface area contributed by atoms with Crippen molar-refractivity contribution in [2.75, 3.05) is 19.3 Å². The molecule has 1 atom stereocenters. The molecular formula is C22H23N5O2. The number of hydrogen-bond acceptors (Lipinski definition) is 6. The minimum absolute atomic E-state index is 0.360. The summed E-state index contributed by atoms with van der Waals surface area (Å²) in [5.41, 5.74) is 9.07. The van der Waals surface area contributed by atoms with E-state index in [9.17, 15) is 9.90 Å². The van der Waals surface area contributed by atoms with Crippen molar-refractivity contribution in [2.45, 2.75) is 26.4 Å². The SMILES string of the molecule is CCc1cnc(N)c2nc(-c3cccc(C#CC(O)C(=O)N(C)CC)c3)ncc12. The van der Waals surface area contributed by atoms with Crippen LogP contribution >= 0.6 is 0 Å². The molecule has 3 rings (SSSR count). The molecule has 3 N–H and O–H groups in total. The molecule has 1 unspecified atom stereocenters. The quantitative estimate of drug-likeness (QED) is 0.662. The summed E-state index contributed by atoms with van der Waals surface area (Å²) in [6, 6.07) is 7.29. The van der Waals surface area contributed by atoms with E-state index in [0.29, 0.717) is 29.3 Å². The number of aromatic nitrogens is 3. The molecule has 0 fully saturated rings. The number of carbonyl (C=O) groups is 1. The number of rotatable bonds is 4. The second kappa shape index (κ2) is 8.67. The van der Waals surface area contributed by atoms with Gasteiger partial charge in [-0.15, -0.1) is 0 Å². The van der Waals surface area contributed by atoms with Crippen molar-refractivity contribution in [2.24, 2.45) is 0 Å². The number of likely N-dealkylation sites (N-methyl/N-ethyl adjacent to an activating group) is 1. The molecule has 0 bridgehead atoms. The highest BCUT2D eigenvalue weighted by Gasteiger charge is 2.15. The molecule has 0 spiro atoms. The van der Waals surface area contributed by atoms with Gasteiger partial charge < -0.3 is 15.7 Å². The van der Waals surface area contributed by atoms with E-state index >= 15 is 0 Å². The molecule has 0 aliphatic heterocycles. The lowest BCUT2D eigenvalue weighted by Gasteiger charge is -2.15. The lowest BCUT2D eigenvalue weighted by atomic mass is 10.1. The third-order valence-electron chi connectivity index (χ3n) is 4.68. The summed E-state index contributed by atoms with van der Waals surface area (Å²) in [7, 11) is 1.62. The van der Waals surface area contributed by atoms with Crippen molar-refractivity contribution in [3.05, 3.63) is 47.8 Å². The van der Waals surface area contributed by atoms with E-state index in [0.717, 1.165) is 22.9 Å². The Morgan fingerprint density at radius 2 is 2.07 bits per heavy atom. The van der Waals surface area contributed by atoms with Crippen LogP contribution in [-0.4, -0.2) is 50.6 Å². The van der Waals surface area contributed by atoms with Crippen LogP contribution in [0.3, 0.4) is 0 Å². The second-order valence-corrected chi connectivity index (χ2v) is 6.58. The molecular weight excluding hydrogens is 366 g/mol. The molecule has 0 saturated heterocycles. The van der Waals surface area contributed by atoms with E-state index in [4.69, 9.17) is 5.73 Å². The van der Waals surface area contributed by atoms with Crippen LogP contribution in [0.1, 0.15) is 25.0 Å². The van der Waals surface area contributed by atoms with Crippen molar-refractivity contribution in [3.8, 4) is 23.2 Å². The standard InChI is InChI=1S/C22H23N5O2/c1-4-15-12-24-20(23)19-17(15)13-25-21(26-19)16-8-6-7-14(11-16)9-10-18(28)22(29)27(3)5-2/h6-8,11-13,18,28H,4-5H2,1-3H3,(H2,23,24). The van der Waals surface area contributed by atoms with E-state index < -0.39 is 12.0 Å². The van der Waals surface area contributed by atoms with Crippen LogP contribution in [0, 0.1) is 11.8 Å². The summed E-state index contributed by atoms with van der Waals surface area (Å²) in [6.07, 6.45) is 2.96. The Labute approximate surface area is 169 Å². The zero-order valence-electron chi connectivity index (χ0n) is 16.7. The monoisotopic (exact) mass is 389 g/mol. The molecule has 7 nitrogen and oxygen atoms in total. The Balaban J connectivity index is 1.93. The molecule has 3 aromatic rings. The minimum atomic E-state index is -1.36. The van der Waals surface area contributed by atoms with E-state index in [1.165, 1.54) is 4.90 Å². The van der Waals surface area contributed by atoms with Gasteiger partial charge in [0.15, 0.2) is 11.9 Å². The summed E-state index contributed by atoms with van der Waals surface area (Å²) in [6.45, 7) is 4.38. The van der Waals surface area contributed by atoms with Gasteiger partial charge in [-0.05, 0) is 31.0 Å². The fraction of sp³-hybridized carbons (Fsp3) is 0.273. The number of nitrogens with two attached hydrogens (primary N) is 1. The summed E-state index contributed by atoms with van der Waals surface area (Å²) in [5.74, 6) is 5.87. The summed E-state index contributed by atoms with van der Waals surface area (Å²) in [5, 5.41) is 10.8. The first kappa shape index (κ1) is 20.2. The first-order valence-corrected chi connectivity index (χ1v) is 9.39. The largest absolute Gasteiger partial charge is 0.382 e. The Morgan fingerprint density at radius 3 is 2.79 bits per heavy atom. The highest BCUT2D eigenvalue weighted by atomic mass is 16.3. The minimum Gasteiger partial charge on any atom is -0.382 e. The van der Waals surface area contributed by atoms with Crippen LogP contribution in [0.25, 0.3) is 22.3 Å². The lowest BCUT2D eigenvalue weighted by molar-refractivity contribution is -0.135. The summed E-state index contributed by atoms with van der Waals surface area (Å²) in [4.78, 5) is 26.6. The lowest BCUT2D eigenvalue weighted by Crippen LogP contribution is -2.35. The Kier molecular flexibility index (Phi) is 6.05. The van der Waals surface area contributed by atoms with Gasteiger partial charge in [-0.1, -0.05) is 30.9 Å². The number of pyridine rings is 1. The number of amides is 1. The number of aliphatic hydroxyl groups excluding tert-OH is 1. The number of hydrogen-bond donors (Lipinski definition) is 2. The molecule has 29 heavy (non-hydrogen) atoms. The van der Waals surface area contributed by atoms with Gasteiger partial charge in [-0.25, -0.2) is 15.0 Å². The maximum atomic E-state index is 11.9. The topological polar surface area (TPSA) is 105 Å². The maximum Gasteiger partial charge on any atom is 0.263 e. The molecule has 0 aliphatic carbocycles. The molecule has 2 aromatic heterocycles. The third kappa shape index (κ3) is 4.33. The van der Waals surface area contributed by atoms with E-state index in [1.807, 2.05) is 32.0 Å². The smallest absolute Gasteiger partial charge is 0.263 e. The molecule has 0 saturated carbocycles. The zero-order valence-corrected chi connectivity index (χ0v) is 16.7. The number of anilines is 1. The number of benzene rings is 1. The van der Waals surface area contributed by atoms with Crippen LogP contribution in [-0.2, 0) is 11.2 Å². The molecule has 148 valence electrons. The molecule has 1 aromatic carbocycles. The second-order valence-electron chi connectivity index (χ2n) is 6.58. The number of nitrogens with zero attached hydrogens (tertiary/aromatic N) is 4. The van der Waals surface area contributed by atoms with Crippen molar-refractivity contribution in [1.29, 1.82) is 0 Å². The summed E-state index contributed by atoms with van der Waals surface area (Å²) >= 11 is 0. The van der Waals surface area contributed by atoms with Crippen molar-refractivity contribution >= 4 is 22.6 Å². The normalized spacial score (nSPS) is 11.6. The highest BCUT2D eigenvalue weighted by molar-refractivity contribution is 5.90. The predicted octanol–water partition coefficient (Wildman–Crippen LogP) is 2.03. The van der Waals surface area contributed by atoms with Crippen molar-refractivity contribution in [3.63, 3.8) is 0 Å². The average molecular weight is 389 g/mol. The van der Waals surface area contributed by atoms with Gasteiger partial charge >= 0.3 is 0 Å². The molecule has 0 aliphatic rings. The zero-order chi connectivity index (χ0) is 21.0. The van der Waals surface area contributed by atoms with E-state index in [1.54, 1.807) is 25.5 Å². The molecule has 7 heteroatoms. The van der Waals surface area contributed by atoms with E-state index in [2.05, 4.69) is 26.8 Å². The van der Waals surface area contributed by atoms with Crippen LogP contribution in [0.4, 0.5) is 5.82 Å². The molecule has 2 heterocycles. The van der Waals surface area contributed by atoms with Gasteiger partial charge in [0.1, 0.15) is 11.3 Å². The fourth-order valence-corrected chi connectivity index (χ4v) is 2.83. The Bertz CT molecular complexity index is 1120. The number of aryl methyl sites for hydroxylation is 1. The number of carbonyl (C=O) groups excluding carboxylic acids is 1. The molecule has 1 amide bonds. The van der Waals surface area contributed by atoms with Gasteiger partial charge in [-0.3, -0.25) is 4.79 Å². The Hall–Kier alpha value is -3.50. The van der Waals surface area contributed by atoms with Gasteiger partial charge in [0.05, 0.1) is 0 Å². The van der Waals surface area contributed by atoms with Crippen molar-refractivity contribution < 1.29 is 9.90 Å². The maximum absolute atomic E-state index is 11.9. The van der Waals surface area contributed by atoms with Crippen LogP contribution in [0.15, 0.2) is 36.7 Å². The van der Waals surface area contributed by atoms with Gasteiger partial charge in [0.2, 0.25) is 0 Å². The highest BCUT2D eigenvalue weighted by Crippen LogP contribution is 2.24. The first-order valence-electron chi connectivity index (χ1n) is 9.39. The third-order valence-corrected chi connectivity index (χ3v) is 4.68. The van der Waals surface area contributed by atoms with Crippen LogP contribution in [0.5, 0.6) is 0 Å².